The van der Waals surface area contributed by atoms with E-state index in [-0.39, 0.29) is 0 Å². The summed E-state index contributed by atoms with van der Waals surface area (Å²) in [5.41, 5.74) is 4.35. The number of aromatic nitrogens is 2. The molecule has 160 valence electrons. The first kappa shape index (κ1) is 20.9. The van der Waals surface area contributed by atoms with E-state index < -0.39 is 10.9 Å². The molecule has 0 saturated heterocycles. The summed E-state index contributed by atoms with van der Waals surface area (Å²) in [6.45, 7) is 2.08. The van der Waals surface area contributed by atoms with Crippen molar-refractivity contribution in [1.29, 1.82) is 0 Å². The quantitative estimate of drug-likeness (QED) is 0.426. The second-order valence-electron chi connectivity index (χ2n) is 7.13. The second kappa shape index (κ2) is 8.77. The number of nitrogens with zero attached hydrogens (tertiary/aromatic N) is 2. The van der Waals surface area contributed by atoms with Gasteiger partial charge in [-0.15, -0.1) is 0 Å². The Morgan fingerprint density at radius 2 is 1.68 bits per heavy atom. The third kappa shape index (κ3) is 4.25. The zero-order valence-corrected chi connectivity index (χ0v) is 18.4. The Morgan fingerprint density at radius 3 is 2.35 bits per heavy atom. The summed E-state index contributed by atoms with van der Waals surface area (Å²) in [6, 6.07) is 11.3. The lowest BCUT2D eigenvalue weighted by Crippen LogP contribution is -1.99. The van der Waals surface area contributed by atoms with Gasteiger partial charge in [0.1, 0.15) is 0 Å². The second-order valence-corrected chi connectivity index (χ2v) is 7.87. The number of ether oxygens (including phenoxy) is 2. The molecule has 0 atom stereocenters. The van der Waals surface area contributed by atoms with Crippen LogP contribution in [0.4, 0.5) is 5.69 Å². The van der Waals surface area contributed by atoms with E-state index in [2.05, 4.69) is 21.6 Å². The summed E-state index contributed by atoms with van der Waals surface area (Å²) in [6.07, 6.45) is 5.17. The molecule has 0 aliphatic rings. The van der Waals surface area contributed by atoms with Gasteiger partial charge in [0, 0.05) is 41.0 Å². The van der Waals surface area contributed by atoms with Crippen molar-refractivity contribution in [2.75, 3.05) is 18.9 Å². The van der Waals surface area contributed by atoms with Crippen LogP contribution in [0.1, 0.15) is 23.7 Å². The Labute approximate surface area is 182 Å². The van der Waals surface area contributed by atoms with Gasteiger partial charge in [-0.2, -0.15) is 0 Å². The van der Waals surface area contributed by atoms with Crippen molar-refractivity contribution in [2.24, 2.45) is 0 Å². The molecule has 7 nitrogen and oxygen atoms in total. The highest BCUT2D eigenvalue weighted by atomic mass is 32.2. The molecule has 0 bridgehead atoms. The van der Waals surface area contributed by atoms with Crippen LogP contribution in [0.2, 0.25) is 0 Å². The number of thiol groups is 1. The largest absolute Gasteiger partial charge is 0.493 e. The topological polar surface area (TPSA) is 90.4 Å². The molecule has 4 rings (SSSR count). The summed E-state index contributed by atoms with van der Waals surface area (Å²) >= 11 is 0. The lowest BCUT2D eigenvalue weighted by Gasteiger charge is -2.14. The van der Waals surface area contributed by atoms with Crippen molar-refractivity contribution in [2.45, 2.75) is 19.8 Å². The van der Waals surface area contributed by atoms with Gasteiger partial charge < -0.3 is 9.47 Å². The van der Waals surface area contributed by atoms with Gasteiger partial charge in [0.15, 0.2) is 11.5 Å². The molecule has 1 N–H and O–H groups in total. The van der Waals surface area contributed by atoms with Crippen LogP contribution in [0.15, 0.2) is 48.8 Å². The van der Waals surface area contributed by atoms with Crippen LogP contribution in [0.5, 0.6) is 11.5 Å². The molecule has 0 aliphatic carbocycles. The highest BCUT2D eigenvalue weighted by Crippen LogP contribution is 2.35. The van der Waals surface area contributed by atoms with E-state index in [1.807, 2.05) is 30.6 Å². The molecule has 0 aliphatic heterocycles. The number of aryl methyl sites for hydroxylation is 1. The molecular weight excluding hydrogens is 414 g/mol. The lowest BCUT2D eigenvalue weighted by molar-refractivity contribution is 0.356. The Balaban J connectivity index is 1.79. The molecule has 2 aromatic heterocycles. The first-order valence-electron chi connectivity index (χ1n) is 9.84. The van der Waals surface area contributed by atoms with E-state index in [4.69, 9.17) is 9.47 Å². The maximum Gasteiger partial charge on any atom is 0.222 e. The van der Waals surface area contributed by atoms with E-state index in [0.717, 1.165) is 44.9 Å². The molecule has 31 heavy (non-hydrogen) atoms. The van der Waals surface area contributed by atoms with Crippen LogP contribution in [-0.2, 0) is 23.7 Å². The monoisotopic (exact) mass is 437 g/mol. The Kier molecular flexibility index (Phi) is 5.90. The number of rotatable bonds is 7. The number of pyridine rings is 2. The zero-order valence-electron chi connectivity index (χ0n) is 17.5. The van der Waals surface area contributed by atoms with E-state index in [1.165, 1.54) is 0 Å². The smallest absolute Gasteiger partial charge is 0.222 e. The fraction of sp³-hybridized carbons (Fsp3) is 0.217. The van der Waals surface area contributed by atoms with Crippen LogP contribution in [0.25, 0.3) is 21.7 Å². The molecule has 0 radical (unpaired) electrons. The van der Waals surface area contributed by atoms with Crippen molar-refractivity contribution in [3.63, 3.8) is 0 Å². The van der Waals surface area contributed by atoms with Gasteiger partial charge in [0.2, 0.25) is 10.9 Å². The molecule has 0 fully saturated rings. The molecular formula is C23H23N3O4S. The van der Waals surface area contributed by atoms with Crippen LogP contribution < -0.4 is 14.2 Å². The number of hydrogen-bond acceptors (Lipinski definition) is 6. The fourth-order valence-corrected chi connectivity index (χ4v) is 4.12. The summed E-state index contributed by atoms with van der Waals surface area (Å²) in [4.78, 5) is 9.20. The van der Waals surface area contributed by atoms with Crippen molar-refractivity contribution in [3.05, 3.63) is 65.6 Å². The number of hydrogen-bond donors (Lipinski definition) is 2. The molecule has 2 heterocycles. The van der Waals surface area contributed by atoms with Gasteiger partial charge in [-0.1, -0.05) is 6.92 Å². The zero-order chi connectivity index (χ0) is 22.0. The van der Waals surface area contributed by atoms with Gasteiger partial charge in [-0.3, -0.25) is 14.7 Å². The molecule has 8 heteroatoms. The van der Waals surface area contributed by atoms with Crippen LogP contribution >= 0.6 is 0 Å². The third-order valence-corrected chi connectivity index (χ3v) is 5.69. The Morgan fingerprint density at radius 1 is 0.935 bits per heavy atom. The molecule has 0 unspecified atom stereocenters. The summed E-state index contributed by atoms with van der Waals surface area (Å²) in [5.74, 6) is 1.34. The number of anilines is 1. The normalized spacial score (nSPS) is 11.2. The number of methoxy groups -OCH3 is 2. The van der Waals surface area contributed by atoms with E-state index in [9.17, 15) is 8.42 Å². The summed E-state index contributed by atoms with van der Waals surface area (Å²) in [5, 5.41) is 2.96. The standard InChI is InChI=1S/C23H23N3O4S/c1-4-20-19-11-23(30-3)22(29-2)10-18(19)16(13-25-20)8-14-7-15-9-17(26-31(27)28)5-6-21(15)24-12-14/h5-7,9-13,31H,4,8H2,1-3H3,(H,26,27,28). The average molecular weight is 438 g/mol. The highest BCUT2D eigenvalue weighted by Gasteiger charge is 2.13. The van der Waals surface area contributed by atoms with Gasteiger partial charge in [0.05, 0.1) is 19.7 Å². The Bertz CT molecular complexity index is 1340. The minimum absolute atomic E-state index is 0.513. The van der Waals surface area contributed by atoms with Gasteiger partial charge >= 0.3 is 0 Å². The van der Waals surface area contributed by atoms with Crippen molar-refractivity contribution in [1.82, 2.24) is 9.97 Å². The molecule has 2 aromatic carbocycles. The molecule has 0 amide bonds. The van der Waals surface area contributed by atoms with Gasteiger partial charge in [-0.05, 0) is 59.3 Å². The number of nitrogens with one attached hydrogen (secondary N) is 1. The van der Waals surface area contributed by atoms with Crippen LogP contribution in [0.3, 0.4) is 0 Å². The lowest BCUT2D eigenvalue weighted by atomic mass is 9.98. The maximum absolute atomic E-state index is 11.0. The predicted molar refractivity (Wildman–Crippen MR) is 123 cm³/mol. The minimum atomic E-state index is -2.71. The molecule has 0 spiro atoms. The SMILES string of the molecule is CCc1ncc(Cc2cnc3ccc(N[SH](=O)=O)cc3c2)c2cc(OC)c(OC)cc12. The van der Waals surface area contributed by atoms with E-state index >= 15 is 0 Å². The molecule has 0 saturated carbocycles. The minimum Gasteiger partial charge on any atom is -0.493 e. The maximum atomic E-state index is 11.0. The first-order chi connectivity index (χ1) is 15.0. The summed E-state index contributed by atoms with van der Waals surface area (Å²) < 4.78 is 35.3. The number of fused-ring (bicyclic) bond motifs is 2. The predicted octanol–water partition coefficient (Wildman–Crippen LogP) is 3.89. The van der Waals surface area contributed by atoms with Gasteiger partial charge in [0.25, 0.3) is 0 Å². The van der Waals surface area contributed by atoms with Crippen molar-refractivity contribution in [3.8, 4) is 11.5 Å². The highest BCUT2D eigenvalue weighted by molar-refractivity contribution is 7.73. The molecule has 4 aromatic rings. The Hall–Kier alpha value is -3.39. The van der Waals surface area contributed by atoms with Crippen LogP contribution in [0, 0.1) is 0 Å². The van der Waals surface area contributed by atoms with Gasteiger partial charge in [-0.25, -0.2) is 8.42 Å². The van der Waals surface area contributed by atoms with Crippen molar-refractivity contribution < 1.29 is 17.9 Å². The fourth-order valence-electron chi connectivity index (χ4n) is 3.77. The third-order valence-electron chi connectivity index (χ3n) is 5.24. The van der Waals surface area contributed by atoms with E-state index in [1.54, 1.807) is 32.4 Å². The van der Waals surface area contributed by atoms with E-state index in [0.29, 0.717) is 23.6 Å². The number of benzene rings is 2. The average Bonchev–Trinajstić information content (AvgIpc) is 2.77. The first-order valence-corrected chi connectivity index (χ1v) is 11.0. The van der Waals surface area contributed by atoms with Crippen molar-refractivity contribution >= 4 is 38.3 Å². The summed E-state index contributed by atoms with van der Waals surface area (Å²) in [7, 11) is 0.535. The van der Waals surface area contributed by atoms with Crippen LogP contribution in [-0.4, -0.2) is 32.6 Å².